The summed E-state index contributed by atoms with van der Waals surface area (Å²) in [4.78, 5) is 28.2. The highest BCUT2D eigenvalue weighted by molar-refractivity contribution is 5.74. The summed E-state index contributed by atoms with van der Waals surface area (Å²) in [5, 5.41) is 6.19. The fourth-order valence-electron chi connectivity index (χ4n) is 3.91. The first kappa shape index (κ1) is 20.5. The van der Waals surface area contributed by atoms with Crippen LogP contribution in [0.1, 0.15) is 38.2 Å². The predicted octanol–water partition coefficient (Wildman–Crippen LogP) is 2.57. The molecule has 0 radical (unpaired) electrons. The lowest BCUT2D eigenvalue weighted by Crippen LogP contribution is -2.52. The van der Waals surface area contributed by atoms with E-state index in [1.807, 2.05) is 13.0 Å². The summed E-state index contributed by atoms with van der Waals surface area (Å²) >= 11 is 0. The zero-order valence-corrected chi connectivity index (χ0v) is 16.7. The first-order chi connectivity index (χ1) is 13.6. The van der Waals surface area contributed by atoms with Gasteiger partial charge in [-0.15, -0.1) is 0 Å². The Morgan fingerprint density at radius 3 is 2.11 bits per heavy atom. The number of ether oxygens (including phenoxy) is 1. The highest BCUT2D eigenvalue weighted by atomic mass is 16.6. The molecule has 154 valence electrons. The van der Waals surface area contributed by atoms with Crippen molar-refractivity contribution in [2.24, 2.45) is 0 Å². The predicted molar refractivity (Wildman–Crippen MR) is 108 cm³/mol. The van der Waals surface area contributed by atoms with Crippen LogP contribution >= 0.6 is 0 Å². The zero-order valence-electron chi connectivity index (χ0n) is 16.7. The van der Waals surface area contributed by atoms with Gasteiger partial charge in [0.15, 0.2) is 0 Å². The van der Waals surface area contributed by atoms with Gasteiger partial charge in [0.1, 0.15) is 0 Å². The largest absolute Gasteiger partial charge is 0.450 e. The van der Waals surface area contributed by atoms with Crippen LogP contribution in [0.25, 0.3) is 0 Å². The summed E-state index contributed by atoms with van der Waals surface area (Å²) in [6, 6.07) is 10.8. The molecule has 0 aromatic heterocycles. The molecule has 7 heteroatoms. The van der Waals surface area contributed by atoms with E-state index in [4.69, 9.17) is 4.74 Å². The molecule has 0 spiro atoms. The van der Waals surface area contributed by atoms with Crippen molar-refractivity contribution in [2.45, 2.75) is 51.2 Å². The number of amides is 3. The number of likely N-dealkylation sites (tertiary alicyclic amines) is 2. The maximum absolute atomic E-state index is 12.3. The van der Waals surface area contributed by atoms with E-state index in [0.29, 0.717) is 19.7 Å². The van der Waals surface area contributed by atoms with Crippen LogP contribution in [0.2, 0.25) is 0 Å². The van der Waals surface area contributed by atoms with Crippen LogP contribution in [-0.2, 0) is 11.3 Å². The fourth-order valence-corrected chi connectivity index (χ4v) is 3.91. The number of nitrogens with one attached hydrogen (secondary N) is 2. The minimum Gasteiger partial charge on any atom is -0.450 e. The molecule has 1 aromatic carbocycles. The number of urea groups is 1. The molecule has 0 atom stereocenters. The molecule has 1 aromatic rings. The number of carbonyl (C=O) groups is 2. The highest BCUT2D eigenvalue weighted by Gasteiger charge is 2.26. The Morgan fingerprint density at radius 1 is 0.964 bits per heavy atom. The molecule has 0 aliphatic carbocycles. The SMILES string of the molecule is CCOC(=O)N1CCC(NC(=O)NC2CCN(Cc3ccccc3)CC2)CC1. The molecule has 2 fully saturated rings. The third-order valence-electron chi connectivity index (χ3n) is 5.53. The Morgan fingerprint density at radius 2 is 1.54 bits per heavy atom. The van der Waals surface area contributed by atoms with Crippen molar-refractivity contribution in [3.8, 4) is 0 Å². The molecule has 28 heavy (non-hydrogen) atoms. The number of benzene rings is 1. The van der Waals surface area contributed by atoms with E-state index in [0.717, 1.165) is 45.3 Å². The molecule has 2 saturated heterocycles. The van der Waals surface area contributed by atoms with Gasteiger partial charge in [-0.2, -0.15) is 0 Å². The molecule has 0 unspecified atom stereocenters. The van der Waals surface area contributed by atoms with E-state index in [-0.39, 0.29) is 24.2 Å². The second-order valence-electron chi connectivity index (χ2n) is 7.61. The second-order valence-corrected chi connectivity index (χ2v) is 7.61. The lowest BCUT2D eigenvalue weighted by molar-refractivity contribution is 0.0956. The third kappa shape index (κ3) is 6.12. The van der Waals surface area contributed by atoms with Gasteiger partial charge in [0.2, 0.25) is 0 Å². The number of piperidine rings is 2. The molecular formula is C21H32N4O3. The summed E-state index contributed by atoms with van der Waals surface area (Å²) < 4.78 is 5.03. The summed E-state index contributed by atoms with van der Waals surface area (Å²) in [5.41, 5.74) is 1.33. The lowest BCUT2D eigenvalue weighted by atomic mass is 10.0. The standard InChI is InChI=1S/C21H32N4O3/c1-2-28-21(27)25-14-10-19(11-15-25)23-20(26)22-18-8-12-24(13-9-18)16-17-6-4-3-5-7-17/h3-7,18-19H,2,8-16H2,1H3,(H2,22,23,26). The van der Waals surface area contributed by atoms with Gasteiger partial charge in [-0.25, -0.2) is 9.59 Å². The molecule has 0 bridgehead atoms. The number of hydrogen-bond donors (Lipinski definition) is 2. The fraction of sp³-hybridized carbons (Fsp3) is 0.619. The number of carbonyl (C=O) groups excluding carboxylic acids is 2. The first-order valence-corrected chi connectivity index (χ1v) is 10.4. The van der Waals surface area contributed by atoms with Gasteiger partial charge < -0.3 is 20.3 Å². The van der Waals surface area contributed by atoms with Crippen LogP contribution in [0.15, 0.2) is 30.3 Å². The van der Waals surface area contributed by atoms with E-state index < -0.39 is 0 Å². The first-order valence-electron chi connectivity index (χ1n) is 10.4. The van der Waals surface area contributed by atoms with Crippen LogP contribution < -0.4 is 10.6 Å². The Labute approximate surface area is 167 Å². The van der Waals surface area contributed by atoms with Crippen molar-refractivity contribution in [3.05, 3.63) is 35.9 Å². The average molecular weight is 389 g/mol. The van der Waals surface area contributed by atoms with Crippen LogP contribution in [-0.4, -0.2) is 66.8 Å². The number of rotatable bonds is 5. The van der Waals surface area contributed by atoms with E-state index in [1.54, 1.807) is 4.90 Å². The van der Waals surface area contributed by atoms with E-state index >= 15 is 0 Å². The van der Waals surface area contributed by atoms with Crippen molar-refractivity contribution >= 4 is 12.1 Å². The van der Waals surface area contributed by atoms with Crippen LogP contribution in [0, 0.1) is 0 Å². The quantitative estimate of drug-likeness (QED) is 0.813. The van der Waals surface area contributed by atoms with Gasteiger partial charge in [0.25, 0.3) is 0 Å². The van der Waals surface area contributed by atoms with E-state index in [9.17, 15) is 9.59 Å². The molecule has 3 amide bonds. The van der Waals surface area contributed by atoms with Crippen molar-refractivity contribution in [1.82, 2.24) is 20.4 Å². The van der Waals surface area contributed by atoms with Gasteiger partial charge in [-0.05, 0) is 38.2 Å². The summed E-state index contributed by atoms with van der Waals surface area (Å²) in [6.07, 6.45) is 3.22. The molecule has 2 aliphatic rings. The van der Waals surface area contributed by atoms with E-state index in [1.165, 1.54) is 5.56 Å². The van der Waals surface area contributed by atoms with Crippen molar-refractivity contribution in [2.75, 3.05) is 32.8 Å². The van der Waals surface area contributed by atoms with Gasteiger partial charge in [0.05, 0.1) is 6.61 Å². The monoisotopic (exact) mass is 388 g/mol. The van der Waals surface area contributed by atoms with Gasteiger partial charge in [0, 0.05) is 44.8 Å². The van der Waals surface area contributed by atoms with Gasteiger partial charge in [-0.3, -0.25) is 4.90 Å². The lowest BCUT2D eigenvalue weighted by Gasteiger charge is -2.34. The molecule has 2 N–H and O–H groups in total. The van der Waals surface area contributed by atoms with Crippen molar-refractivity contribution < 1.29 is 14.3 Å². The summed E-state index contributed by atoms with van der Waals surface area (Å²) in [6.45, 7) is 6.42. The molecule has 3 rings (SSSR count). The summed E-state index contributed by atoms with van der Waals surface area (Å²) in [7, 11) is 0. The smallest absolute Gasteiger partial charge is 0.409 e. The Kier molecular flexibility index (Phi) is 7.54. The van der Waals surface area contributed by atoms with Crippen LogP contribution in [0.3, 0.4) is 0 Å². The number of nitrogens with zero attached hydrogens (tertiary/aromatic N) is 2. The Balaban J connectivity index is 1.32. The minimum atomic E-state index is -0.257. The number of hydrogen-bond acceptors (Lipinski definition) is 4. The maximum Gasteiger partial charge on any atom is 0.409 e. The summed E-state index contributed by atoms with van der Waals surface area (Å²) in [5.74, 6) is 0. The van der Waals surface area contributed by atoms with Gasteiger partial charge in [-0.1, -0.05) is 30.3 Å². The van der Waals surface area contributed by atoms with Crippen molar-refractivity contribution in [1.29, 1.82) is 0 Å². The zero-order chi connectivity index (χ0) is 19.8. The van der Waals surface area contributed by atoms with Crippen LogP contribution in [0.5, 0.6) is 0 Å². The molecule has 2 heterocycles. The van der Waals surface area contributed by atoms with Crippen LogP contribution in [0.4, 0.5) is 9.59 Å². The highest BCUT2D eigenvalue weighted by Crippen LogP contribution is 2.15. The molecule has 0 saturated carbocycles. The Bertz CT molecular complexity index is 624. The minimum absolute atomic E-state index is 0.0869. The average Bonchev–Trinajstić information content (AvgIpc) is 2.71. The Hall–Kier alpha value is -2.28. The molecule has 2 aliphatic heterocycles. The van der Waals surface area contributed by atoms with Crippen molar-refractivity contribution in [3.63, 3.8) is 0 Å². The van der Waals surface area contributed by atoms with E-state index in [2.05, 4.69) is 39.8 Å². The van der Waals surface area contributed by atoms with Gasteiger partial charge >= 0.3 is 12.1 Å². The maximum atomic E-state index is 12.3. The molecular weight excluding hydrogens is 356 g/mol. The topological polar surface area (TPSA) is 73.9 Å². The normalized spacial score (nSPS) is 19.2. The molecule has 7 nitrogen and oxygen atoms in total. The second kappa shape index (κ2) is 10.3. The third-order valence-corrected chi connectivity index (χ3v) is 5.53.